The number of pyridine rings is 1. The van der Waals surface area contributed by atoms with Crippen molar-refractivity contribution in [1.82, 2.24) is 9.55 Å². The standard InChI is InChI=1S/C20H18ClFN2O4/c1-20(2)27-10-13-12(8-23-17(18(13)28-20)19(25)26-3)9-24-5-4-11-6-15(22)14(21)7-16(11)24/h4-8H,9-10H2,1-3H3. The Morgan fingerprint density at radius 3 is 2.96 bits per heavy atom. The molecule has 0 bridgehead atoms. The van der Waals surface area contributed by atoms with Gasteiger partial charge in [-0.1, -0.05) is 11.6 Å². The van der Waals surface area contributed by atoms with Crippen LogP contribution in [-0.2, 0) is 22.6 Å². The zero-order valence-corrected chi connectivity index (χ0v) is 16.3. The minimum Gasteiger partial charge on any atom is -0.464 e. The Bertz CT molecular complexity index is 1090. The Morgan fingerprint density at radius 1 is 1.43 bits per heavy atom. The van der Waals surface area contributed by atoms with Crippen molar-refractivity contribution < 1.29 is 23.4 Å². The van der Waals surface area contributed by atoms with E-state index in [1.807, 2.05) is 16.8 Å². The number of hydrogen-bond acceptors (Lipinski definition) is 5. The van der Waals surface area contributed by atoms with Gasteiger partial charge in [-0.3, -0.25) is 0 Å². The van der Waals surface area contributed by atoms with E-state index in [9.17, 15) is 9.18 Å². The van der Waals surface area contributed by atoms with Gasteiger partial charge in [0.1, 0.15) is 5.82 Å². The van der Waals surface area contributed by atoms with Gasteiger partial charge in [0.15, 0.2) is 11.4 Å². The largest absolute Gasteiger partial charge is 0.464 e. The maximum absolute atomic E-state index is 13.7. The number of methoxy groups -OCH3 is 1. The highest BCUT2D eigenvalue weighted by Crippen LogP contribution is 2.36. The molecule has 0 atom stereocenters. The van der Waals surface area contributed by atoms with Crippen LogP contribution >= 0.6 is 11.6 Å². The van der Waals surface area contributed by atoms with Crippen molar-refractivity contribution in [2.75, 3.05) is 7.11 Å². The van der Waals surface area contributed by atoms with Crippen LogP contribution in [0, 0.1) is 5.82 Å². The lowest BCUT2D eigenvalue weighted by atomic mass is 10.1. The summed E-state index contributed by atoms with van der Waals surface area (Å²) in [6, 6.07) is 4.80. The smallest absolute Gasteiger partial charge is 0.360 e. The van der Waals surface area contributed by atoms with Crippen LogP contribution in [0.15, 0.2) is 30.6 Å². The van der Waals surface area contributed by atoms with Gasteiger partial charge in [0.05, 0.1) is 18.7 Å². The van der Waals surface area contributed by atoms with E-state index in [-0.39, 0.29) is 17.3 Å². The SMILES string of the molecule is COC(=O)c1ncc(Cn2ccc3cc(F)c(Cl)cc32)c2c1OC(C)(C)OC2. The van der Waals surface area contributed by atoms with Gasteiger partial charge < -0.3 is 18.8 Å². The Morgan fingerprint density at radius 2 is 2.21 bits per heavy atom. The van der Waals surface area contributed by atoms with E-state index in [0.29, 0.717) is 12.3 Å². The van der Waals surface area contributed by atoms with Crippen LogP contribution in [0.1, 0.15) is 35.5 Å². The zero-order valence-electron chi connectivity index (χ0n) is 15.6. The van der Waals surface area contributed by atoms with Crippen LogP contribution in [-0.4, -0.2) is 28.4 Å². The number of nitrogens with zero attached hydrogens (tertiary/aromatic N) is 2. The number of fused-ring (bicyclic) bond motifs is 2. The molecule has 0 saturated carbocycles. The summed E-state index contributed by atoms with van der Waals surface area (Å²) >= 11 is 5.95. The molecule has 0 saturated heterocycles. The number of carbonyl (C=O) groups is 1. The lowest BCUT2D eigenvalue weighted by Crippen LogP contribution is -2.37. The van der Waals surface area contributed by atoms with Crippen molar-refractivity contribution in [1.29, 1.82) is 0 Å². The number of hydrogen-bond donors (Lipinski definition) is 0. The third kappa shape index (κ3) is 3.21. The fourth-order valence-electron chi connectivity index (χ4n) is 3.24. The van der Waals surface area contributed by atoms with E-state index in [1.54, 1.807) is 26.1 Å². The molecule has 8 heteroatoms. The minimum absolute atomic E-state index is 0.0575. The molecule has 2 aromatic heterocycles. The molecule has 0 amide bonds. The van der Waals surface area contributed by atoms with Crippen LogP contribution in [0.3, 0.4) is 0 Å². The molecule has 28 heavy (non-hydrogen) atoms. The van der Waals surface area contributed by atoms with Crippen molar-refractivity contribution in [2.24, 2.45) is 0 Å². The average molecular weight is 405 g/mol. The summed E-state index contributed by atoms with van der Waals surface area (Å²) in [7, 11) is 1.30. The van der Waals surface area contributed by atoms with E-state index in [2.05, 4.69) is 4.98 Å². The van der Waals surface area contributed by atoms with Gasteiger partial charge in [0.25, 0.3) is 0 Å². The lowest BCUT2D eigenvalue weighted by Gasteiger charge is -2.34. The third-order valence-corrected chi connectivity index (χ3v) is 4.96. The van der Waals surface area contributed by atoms with E-state index in [0.717, 1.165) is 22.0 Å². The second-order valence-corrected chi connectivity index (χ2v) is 7.40. The van der Waals surface area contributed by atoms with Gasteiger partial charge >= 0.3 is 5.97 Å². The van der Waals surface area contributed by atoms with Gasteiger partial charge in [-0.2, -0.15) is 0 Å². The zero-order chi connectivity index (χ0) is 20.1. The number of benzene rings is 1. The number of halogens is 2. The Labute approximate surface area is 165 Å². The predicted octanol–water partition coefficient (Wildman–Crippen LogP) is 4.31. The molecule has 6 nitrogen and oxygen atoms in total. The molecule has 3 aromatic rings. The van der Waals surface area contributed by atoms with E-state index < -0.39 is 17.6 Å². The van der Waals surface area contributed by atoms with Crippen molar-refractivity contribution in [3.63, 3.8) is 0 Å². The van der Waals surface area contributed by atoms with E-state index in [4.69, 9.17) is 25.8 Å². The summed E-state index contributed by atoms with van der Waals surface area (Å²) in [5.74, 6) is -1.56. The molecule has 0 spiro atoms. The number of ether oxygens (including phenoxy) is 3. The summed E-state index contributed by atoms with van der Waals surface area (Å²) in [4.78, 5) is 16.4. The van der Waals surface area contributed by atoms with Gasteiger partial charge in [-0.05, 0) is 23.8 Å². The molecular formula is C20H18ClFN2O4. The number of esters is 1. The molecule has 0 N–H and O–H groups in total. The summed E-state index contributed by atoms with van der Waals surface area (Å²) in [6.45, 7) is 4.22. The summed E-state index contributed by atoms with van der Waals surface area (Å²) < 4.78 is 32.1. The molecule has 146 valence electrons. The van der Waals surface area contributed by atoms with Gasteiger partial charge in [-0.25, -0.2) is 14.2 Å². The van der Waals surface area contributed by atoms with Crippen LogP contribution in [0.4, 0.5) is 4.39 Å². The van der Waals surface area contributed by atoms with Crippen LogP contribution < -0.4 is 4.74 Å². The molecule has 1 aromatic carbocycles. The van der Waals surface area contributed by atoms with Gasteiger partial charge in [0.2, 0.25) is 5.79 Å². The second-order valence-electron chi connectivity index (χ2n) is 6.99. The minimum atomic E-state index is -0.888. The summed E-state index contributed by atoms with van der Waals surface area (Å²) in [5.41, 5.74) is 2.44. The number of rotatable bonds is 3. The molecule has 0 radical (unpaired) electrons. The van der Waals surface area contributed by atoms with Crippen LogP contribution in [0.2, 0.25) is 5.02 Å². The number of carbonyl (C=O) groups excluding carboxylic acids is 1. The summed E-state index contributed by atoms with van der Waals surface area (Å²) in [6.07, 6.45) is 3.45. The highest BCUT2D eigenvalue weighted by Gasteiger charge is 2.33. The van der Waals surface area contributed by atoms with Crippen molar-refractivity contribution in [3.8, 4) is 5.75 Å². The Hall–Kier alpha value is -2.64. The van der Waals surface area contributed by atoms with Crippen LogP contribution in [0.5, 0.6) is 5.75 Å². The molecule has 1 aliphatic rings. The molecular weight excluding hydrogens is 387 g/mol. The molecule has 1 aliphatic heterocycles. The topological polar surface area (TPSA) is 62.6 Å². The average Bonchev–Trinajstić information content (AvgIpc) is 3.02. The molecule has 3 heterocycles. The maximum Gasteiger partial charge on any atom is 0.360 e. The van der Waals surface area contributed by atoms with Crippen molar-refractivity contribution in [2.45, 2.75) is 32.8 Å². The third-order valence-electron chi connectivity index (χ3n) is 4.67. The fraction of sp³-hybridized carbons (Fsp3) is 0.300. The normalized spacial score (nSPS) is 15.2. The Balaban J connectivity index is 1.79. The summed E-state index contributed by atoms with van der Waals surface area (Å²) in [5, 5.41) is 0.797. The highest BCUT2D eigenvalue weighted by atomic mass is 35.5. The molecule has 4 rings (SSSR count). The van der Waals surface area contributed by atoms with Crippen molar-refractivity contribution >= 4 is 28.5 Å². The first kappa shape index (κ1) is 18.7. The Kier molecular flexibility index (Phi) is 4.51. The fourth-order valence-corrected chi connectivity index (χ4v) is 3.40. The number of aromatic nitrogens is 2. The second kappa shape index (κ2) is 6.76. The molecule has 0 fully saturated rings. The highest BCUT2D eigenvalue weighted by molar-refractivity contribution is 6.31. The molecule has 0 unspecified atom stereocenters. The van der Waals surface area contributed by atoms with Gasteiger partial charge in [-0.15, -0.1) is 0 Å². The predicted molar refractivity (Wildman–Crippen MR) is 101 cm³/mol. The quantitative estimate of drug-likeness (QED) is 0.609. The first-order chi connectivity index (χ1) is 13.3. The van der Waals surface area contributed by atoms with E-state index >= 15 is 0 Å². The first-order valence-electron chi connectivity index (χ1n) is 8.65. The van der Waals surface area contributed by atoms with Gasteiger partial charge in [0, 0.05) is 49.3 Å². The van der Waals surface area contributed by atoms with E-state index in [1.165, 1.54) is 13.2 Å². The molecule has 0 aliphatic carbocycles. The monoisotopic (exact) mass is 404 g/mol. The van der Waals surface area contributed by atoms with Crippen LogP contribution in [0.25, 0.3) is 10.9 Å². The first-order valence-corrected chi connectivity index (χ1v) is 9.03. The van der Waals surface area contributed by atoms with Crippen molar-refractivity contribution in [3.05, 3.63) is 58.3 Å². The lowest BCUT2D eigenvalue weighted by molar-refractivity contribution is -0.180. The maximum atomic E-state index is 13.7.